The zero-order chi connectivity index (χ0) is 23.5. The summed E-state index contributed by atoms with van der Waals surface area (Å²) in [7, 11) is 0. The van der Waals surface area contributed by atoms with Gasteiger partial charge in [0, 0.05) is 41.0 Å². The van der Waals surface area contributed by atoms with E-state index in [1.807, 2.05) is 36.3 Å². The summed E-state index contributed by atoms with van der Waals surface area (Å²) in [6.45, 7) is 5.08. The van der Waals surface area contributed by atoms with Gasteiger partial charge in [0.2, 0.25) is 5.88 Å². The van der Waals surface area contributed by atoms with Crippen molar-refractivity contribution in [1.82, 2.24) is 23.9 Å². The van der Waals surface area contributed by atoms with E-state index in [-0.39, 0.29) is 0 Å². The first-order valence-corrected chi connectivity index (χ1v) is 13.5. The molecule has 7 nitrogen and oxygen atoms in total. The second-order valence-electron chi connectivity index (χ2n) is 8.62. The zero-order valence-corrected chi connectivity index (χ0v) is 21.7. The van der Waals surface area contributed by atoms with Gasteiger partial charge in [0.25, 0.3) is 0 Å². The number of nitrogens with two attached hydrogens (primary N) is 1. The van der Waals surface area contributed by atoms with Crippen LogP contribution in [0, 0.1) is 0 Å². The van der Waals surface area contributed by atoms with Crippen LogP contribution in [0.1, 0.15) is 39.0 Å². The number of benzene rings is 1. The van der Waals surface area contributed by atoms with Crippen molar-refractivity contribution in [3.8, 4) is 17.0 Å². The Hall–Kier alpha value is -2.36. The summed E-state index contributed by atoms with van der Waals surface area (Å²) in [6, 6.07) is 10.1. The van der Waals surface area contributed by atoms with Gasteiger partial charge in [-0.25, -0.2) is 0 Å². The maximum Gasteiger partial charge on any atom is 0.233 e. The van der Waals surface area contributed by atoms with Gasteiger partial charge in [-0.3, -0.25) is 9.29 Å². The number of halogens is 1. The van der Waals surface area contributed by atoms with Crippen LogP contribution in [-0.2, 0) is 0 Å². The van der Waals surface area contributed by atoms with Gasteiger partial charge in [-0.2, -0.15) is 14.6 Å². The highest BCUT2D eigenvalue weighted by Gasteiger charge is 2.25. The minimum atomic E-state index is 0.468. The second kappa shape index (κ2) is 10.5. The Balaban J connectivity index is 1.29. The van der Waals surface area contributed by atoms with E-state index in [2.05, 4.69) is 49.4 Å². The molecule has 3 aromatic heterocycles. The number of nitrogen functional groups attached to an aromatic ring is 1. The molecule has 0 spiro atoms. The zero-order valence-electron chi connectivity index (χ0n) is 19.3. The van der Waals surface area contributed by atoms with Gasteiger partial charge >= 0.3 is 0 Å². The third-order valence-electron chi connectivity index (χ3n) is 5.83. The summed E-state index contributed by atoms with van der Waals surface area (Å²) >= 11 is 5.59. The number of unbranched alkanes of at least 4 members (excludes halogenated alkanes) is 1. The summed E-state index contributed by atoms with van der Waals surface area (Å²) in [5.41, 5.74) is 9.79. The molecule has 3 heterocycles. The van der Waals surface area contributed by atoms with Gasteiger partial charge in [-0.05, 0) is 60.2 Å². The van der Waals surface area contributed by atoms with E-state index >= 15 is 0 Å². The largest absolute Gasteiger partial charge is 0.477 e. The van der Waals surface area contributed by atoms with E-state index in [4.69, 9.17) is 15.5 Å². The fourth-order valence-corrected chi connectivity index (χ4v) is 5.56. The normalized spacial score (nSPS) is 13.9. The summed E-state index contributed by atoms with van der Waals surface area (Å²) in [5, 5.41) is 6.37. The van der Waals surface area contributed by atoms with Crippen molar-refractivity contribution in [2.45, 2.75) is 44.3 Å². The van der Waals surface area contributed by atoms with Crippen molar-refractivity contribution >= 4 is 50.2 Å². The minimum absolute atomic E-state index is 0.468. The number of para-hydroxylation sites is 1. The van der Waals surface area contributed by atoms with Crippen LogP contribution in [0.15, 0.2) is 47.2 Å². The topological polar surface area (TPSA) is 81.6 Å². The van der Waals surface area contributed by atoms with Crippen LogP contribution in [0.2, 0.25) is 0 Å². The Morgan fingerprint density at radius 1 is 1.21 bits per heavy atom. The molecule has 1 saturated carbocycles. The van der Waals surface area contributed by atoms with E-state index < -0.39 is 0 Å². The molecule has 0 unspecified atom stereocenters. The fourth-order valence-electron chi connectivity index (χ4n) is 3.90. The quantitative estimate of drug-likeness (QED) is 0.185. The van der Waals surface area contributed by atoms with E-state index in [9.17, 15) is 0 Å². The molecule has 5 rings (SSSR count). The number of anilines is 1. The lowest BCUT2D eigenvalue weighted by Crippen LogP contribution is -2.19. The number of hydrogen-bond acceptors (Lipinski definition) is 7. The van der Waals surface area contributed by atoms with Crippen molar-refractivity contribution in [1.29, 1.82) is 0 Å². The number of ether oxygens (including phenoxy) is 1. The highest BCUT2D eigenvalue weighted by Crippen LogP contribution is 2.37. The number of nitrogens with zero attached hydrogens (tertiary/aromatic N) is 5. The molecular weight excluding hydrogens is 512 g/mol. The maximum absolute atomic E-state index is 6.37. The fraction of sp³-hybridized carbons (Fsp3) is 0.400. The smallest absolute Gasteiger partial charge is 0.233 e. The highest BCUT2D eigenvalue weighted by molar-refractivity contribution is 9.10. The lowest BCUT2D eigenvalue weighted by Gasteiger charge is -2.20. The summed E-state index contributed by atoms with van der Waals surface area (Å²) in [6.07, 6.45) is 9.60. The summed E-state index contributed by atoms with van der Waals surface area (Å²) < 4.78 is 10.9. The van der Waals surface area contributed by atoms with E-state index in [0.29, 0.717) is 28.4 Å². The van der Waals surface area contributed by atoms with Crippen LogP contribution in [0.4, 0.5) is 5.82 Å². The number of pyridine rings is 1. The summed E-state index contributed by atoms with van der Waals surface area (Å²) in [4.78, 5) is 9.35. The van der Waals surface area contributed by atoms with Crippen LogP contribution in [0.3, 0.4) is 0 Å². The molecule has 0 amide bonds. The first-order chi connectivity index (χ1) is 16.6. The molecule has 0 saturated heterocycles. The molecule has 34 heavy (non-hydrogen) atoms. The van der Waals surface area contributed by atoms with Crippen LogP contribution in [0.5, 0.6) is 5.88 Å². The minimum Gasteiger partial charge on any atom is -0.477 e. The standard InChI is InChI=1S/C25H29BrN6OS/c1-2-11-31(34-19-9-10-19)12-5-6-13-33-25-22(26)23(27)32-24(30-25)20(16-29-32)18-14-17-7-3-4-8-21(17)28-15-18/h3-4,7-8,14-16,19H,2,5-6,9-13,27H2,1H3. The molecule has 0 atom stereocenters. The molecule has 178 valence electrons. The van der Waals surface area contributed by atoms with Crippen LogP contribution in [0.25, 0.3) is 27.7 Å². The van der Waals surface area contributed by atoms with Crippen molar-refractivity contribution in [2.75, 3.05) is 25.4 Å². The van der Waals surface area contributed by atoms with Crippen molar-refractivity contribution in [3.05, 3.63) is 47.2 Å². The predicted molar refractivity (Wildman–Crippen MR) is 143 cm³/mol. The molecule has 2 N–H and O–H groups in total. The number of rotatable bonds is 11. The molecule has 1 aliphatic rings. The molecule has 1 aromatic carbocycles. The Kier molecular flexibility index (Phi) is 7.22. The SMILES string of the molecule is CCCN(CCCCOc1nc2c(-c3cnc4ccccc4c3)cnn2c(N)c1Br)SC1CC1. The molecule has 0 bridgehead atoms. The molecule has 4 aromatic rings. The first-order valence-electron chi connectivity index (χ1n) is 11.9. The predicted octanol–water partition coefficient (Wildman–Crippen LogP) is 5.97. The van der Waals surface area contributed by atoms with Gasteiger partial charge < -0.3 is 10.5 Å². The van der Waals surface area contributed by atoms with Gasteiger partial charge in [0.15, 0.2) is 5.65 Å². The lowest BCUT2D eigenvalue weighted by molar-refractivity contribution is 0.288. The Morgan fingerprint density at radius 2 is 2.06 bits per heavy atom. The monoisotopic (exact) mass is 540 g/mol. The van der Waals surface area contributed by atoms with Gasteiger partial charge in [-0.15, -0.1) is 0 Å². The third kappa shape index (κ3) is 5.16. The van der Waals surface area contributed by atoms with Crippen molar-refractivity contribution < 1.29 is 4.74 Å². The van der Waals surface area contributed by atoms with Crippen LogP contribution < -0.4 is 10.5 Å². The van der Waals surface area contributed by atoms with Gasteiger partial charge in [0.1, 0.15) is 10.3 Å². The Labute approximate surface area is 212 Å². The van der Waals surface area contributed by atoms with E-state index in [0.717, 1.165) is 53.2 Å². The maximum atomic E-state index is 6.37. The molecular formula is C25H29BrN6OS. The Morgan fingerprint density at radius 3 is 2.88 bits per heavy atom. The number of aromatic nitrogens is 4. The van der Waals surface area contributed by atoms with Crippen LogP contribution >= 0.6 is 27.9 Å². The molecule has 0 aliphatic heterocycles. The third-order valence-corrected chi connectivity index (χ3v) is 8.01. The van der Waals surface area contributed by atoms with E-state index in [1.54, 1.807) is 10.7 Å². The molecule has 1 fully saturated rings. The average molecular weight is 542 g/mol. The molecule has 0 radical (unpaired) electrons. The number of hydrogen-bond donors (Lipinski definition) is 1. The molecule has 1 aliphatic carbocycles. The van der Waals surface area contributed by atoms with Gasteiger partial charge in [-0.1, -0.05) is 37.1 Å². The van der Waals surface area contributed by atoms with Crippen molar-refractivity contribution in [2.24, 2.45) is 0 Å². The first kappa shape index (κ1) is 23.4. The Bertz CT molecular complexity index is 1290. The summed E-state index contributed by atoms with van der Waals surface area (Å²) in [5.74, 6) is 0.966. The number of fused-ring (bicyclic) bond motifs is 2. The van der Waals surface area contributed by atoms with E-state index in [1.165, 1.54) is 19.3 Å². The highest BCUT2D eigenvalue weighted by atomic mass is 79.9. The molecule has 9 heteroatoms. The van der Waals surface area contributed by atoms with Crippen LogP contribution in [-0.4, -0.2) is 48.8 Å². The van der Waals surface area contributed by atoms with Crippen molar-refractivity contribution in [3.63, 3.8) is 0 Å². The lowest BCUT2D eigenvalue weighted by atomic mass is 10.1. The average Bonchev–Trinajstić information content (AvgIpc) is 3.57. The van der Waals surface area contributed by atoms with Gasteiger partial charge in [0.05, 0.1) is 18.3 Å². The second-order valence-corrected chi connectivity index (χ2v) is 10.8.